The van der Waals surface area contributed by atoms with Crippen LogP contribution >= 0.6 is 0 Å². The standard InChI is InChI=1S/C3HF7O.K.H/c4-1(11,2(5,6)7)3(8,9)10;;/h11H;;. The molecule has 0 aliphatic carbocycles. The molecule has 0 spiro atoms. The van der Waals surface area contributed by atoms with Gasteiger partial charge in [0, 0.05) is 0 Å². The zero-order valence-electron chi connectivity index (χ0n) is 4.59. The summed E-state index contributed by atoms with van der Waals surface area (Å²) in [6.45, 7) is 0. The van der Waals surface area contributed by atoms with Crippen molar-refractivity contribution in [3.8, 4) is 0 Å². The number of hydrogen-bond donors (Lipinski definition) is 1. The van der Waals surface area contributed by atoms with E-state index in [2.05, 4.69) is 0 Å². The van der Waals surface area contributed by atoms with E-state index in [4.69, 9.17) is 5.11 Å². The number of halogens is 7. The van der Waals surface area contributed by atoms with Gasteiger partial charge in [0.05, 0.1) is 0 Å². The summed E-state index contributed by atoms with van der Waals surface area (Å²) < 4.78 is 77.3. The van der Waals surface area contributed by atoms with Crippen LogP contribution in [0.3, 0.4) is 0 Å². The molecule has 0 aromatic heterocycles. The summed E-state index contributed by atoms with van der Waals surface area (Å²) in [5.41, 5.74) is 0. The van der Waals surface area contributed by atoms with Crippen molar-refractivity contribution < 1.29 is 35.8 Å². The van der Waals surface area contributed by atoms with Gasteiger partial charge in [0.2, 0.25) is 0 Å². The number of aliphatic hydroxyl groups is 1. The van der Waals surface area contributed by atoms with Crippen molar-refractivity contribution in [1.82, 2.24) is 0 Å². The summed E-state index contributed by atoms with van der Waals surface area (Å²) in [5, 5.41) is 7.27. The SMILES string of the molecule is OC(F)(C(F)(F)F)C(F)(F)F.[KH]. The van der Waals surface area contributed by atoms with Gasteiger partial charge in [-0.15, -0.1) is 0 Å². The summed E-state index contributed by atoms with van der Waals surface area (Å²) in [6, 6.07) is 0. The molecule has 0 bridgehead atoms. The van der Waals surface area contributed by atoms with Crippen LogP contribution in [0.25, 0.3) is 0 Å². The Morgan fingerprint density at radius 2 is 0.833 bits per heavy atom. The summed E-state index contributed by atoms with van der Waals surface area (Å²) >= 11 is 0. The van der Waals surface area contributed by atoms with Crippen LogP contribution in [0.4, 0.5) is 30.7 Å². The molecule has 0 saturated heterocycles. The molecule has 1 nitrogen and oxygen atoms in total. The van der Waals surface area contributed by atoms with E-state index in [1.807, 2.05) is 0 Å². The second-order valence-electron chi connectivity index (χ2n) is 1.62. The van der Waals surface area contributed by atoms with Gasteiger partial charge in [-0.1, -0.05) is 0 Å². The fourth-order valence-corrected chi connectivity index (χ4v) is 0.161. The van der Waals surface area contributed by atoms with E-state index in [0.29, 0.717) is 0 Å². The Morgan fingerprint density at radius 3 is 0.833 bits per heavy atom. The number of rotatable bonds is 0. The van der Waals surface area contributed by atoms with Crippen molar-refractivity contribution in [2.45, 2.75) is 18.2 Å². The van der Waals surface area contributed by atoms with Crippen LogP contribution in [-0.2, 0) is 0 Å². The molecular weight excluding hydrogens is 224 g/mol. The minimum absolute atomic E-state index is 0. The van der Waals surface area contributed by atoms with Gasteiger partial charge in [-0.2, -0.15) is 30.7 Å². The summed E-state index contributed by atoms with van der Waals surface area (Å²) in [4.78, 5) is 0. The van der Waals surface area contributed by atoms with Gasteiger partial charge < -0.3 is 5.11 Å². The molecule has 9 heteroatoms. The first-order valence-electron chi connectivity index (χ1n) is 2.05. The molecule has 1 N–H and O–H groups in total. The van der Waals surface area contributed by atoms with Crippen LogP contribution in [0.1, 0.15) is 0 Å². The Kier molecular flexibility index (Phi) is 5.31. The van der Waals surface area contributed by atoms with Crippen molar-refractivity contribution >= 4 is 51.4 Å². The van der Waals surface area contributed by atoms with E-state index in [0.717, 1.165) is 0 Å². The summed E-state index contributed by atoms with van der Waals surface area (Å²) in [5.74, 6) is -6.12. The van der Waals surface area contributed by atoms with E-state index >= 15 is 0 Å². The normalized spacial score (nSPS) is 14.0. The van der Waals surface area contributed by atoms with Crippen LogP contribution < -0.4 is 0 Å². The van der Waals surface area contributed by atoms with Crippen molar-refractivity contribution in [2.24, 2.45) is 0 Å². The molecule has 0 aromatic carbocycles. The van der Waals surface area contributed by atoms with Crippen LogP contribution in [0, 0.1) is 0 Å². The van der Waals surface area contributed by atoms with Gasteiger partial charge in [-0.3, -0.25) is 0 Å². The molecule has 0 rings (SSSR count). The minimum atomic E-state index is -6.36. The fraction of sp³-hybridized carbons (Fsp3) is 1.00. The molecule has 0 atom stereocenters. The van der Waals surface area contributed by atoms with Crippen LogP contribution in [0.15, 0.2) is 0 Å². The van der Waals surface area contributed by atoms with E-state index in [1.165, 1.54) is 0 Å². The zero-order valence-corrected chi connectivity index (χ0v) is 4.59. The quantitative estimate of drug-likeness (QED) is 0.484. The Bertz CT molecular complexity index is 130. The number of alkyl halides is 7. The van der Waals surface area contributed by atoms with Crippen molar-refractivity contribution in [3.05, 3.63) is 0 Å². The van der Waals surface area contributed by atoms with Gasteiger partial charge in [-0.05, 0) is 0 Å². The van der Waals surface area contributed by atoms with E-state index in [9.17, 15) is 30.7 Å². The monoisotopic (exact) mass is 226 g/mol. The average Bonchev–Trinajstić information content (AvgIpc) is 1.58. The van der Waals surface area contributed by atoms with Crippen LogP contribution in [0.5, 0.6) is 0 Å². The second kappa shape index (κ2) is 4.09. The second-order valence-corrected chi connectivity index (χ2v) is 1.62. The Balaban J connectivity index is 0. The fourth-order valence-electron chi connectivity index (χ4n) is 0.161. The Labute approximate surface area is 104 Å². The molecule has 0 radical (unpaired) electrons. The van der Waals surface area contributed by atoms with Gasteiger partial charge in [0.25, 0.3) is 0 Å². The number of hydrogen-bond acceptors (Lipinski definition) is 1. The van der Waals surface area contributed by atoms with Crippen LogP contribution in [-0.4, -0.2) is 74.7 Å². The third-order valence-corrected chi connectivity index (χ3v) is 0.751. The molecule has 0 heterocycles. The first kappa shape index (κ1) is 15.6. The summed E-state index contributed by atoms with van der Waals surface area (Å²) in [6.07, 6.45) is -12.7. The third kappa shape index (κ3) is 3.11. The Morgan fingerprint density at radius 1 is 0.667 bits per heavy atom. The van der Waals surface area contributed by atoms with E-state index in [-0.39, 0.29) is 51.4 Å². The molecule has 70 valence electrons. The topological polar surface area (TPSA) is 20.2 Å². The predicted molar refractivity (Wildman–Crippen MR) is 25.3 cm³/mol. The third-order valence-electron chi connectivity index (χ3n) is 0.751. The van der Waals surface area contributed by atoms with Crippen LogP contribution in [0.2, 0.25) is 0 Å². The molecule has 0 saturated carbocycles. The molecule has 0 aliphatic rings. The summed E-state index contributed by atoms with van der Waals surface area (Å²) in [7, 11) is 0. The zero-order chi connectivity index (χ0) is 9.50. The van der Waals surface area contributed by atoms with Gasteiger partial charge in [-0.25, -0.2) is 0 Å². The van der Waals surface area contributed by atoms with Crippen molar-refractivity contribution in [1.29, 1.82) is 0 Å². The van der Waals surface area contributed by atoms with E-state index in [1.54, 1.807) is 0 Å². The van der Waals surface area contributed by atoms with Crippen molar-refractivity contribution in [2.75, 3.05) is 0 Å². The average molecular weight is 226 g/mol. The van der Waals surface area contributed by atoms with E-state index < -0.39 is 18.2 Å². The predicted octanol–water partition coefficient (Wildman–Crippen LogP) is 1.12. The molecular formula is C3H2F7KO. The maximum absolute atomic E-state index is 11.4. The van der Waals surface area contributed by atoms with Gasteiger partial charge >= 0.3 is 69.6 Å². The maximum atomic E-state index is 11.4. The Hall–Kier alpha value is 1.11. The van der Waals surface area contributed by atoms with Gasteiger partial charge in [0.1, 0.15) is 0 Å². The first-order chi connectivity index (χ1) is 4.50. The van der Waals surface area contributed by atoms with Gasteiger partial charge in [0.15, 0.2) is 0 Å². The molecule has 0 amide bonds. The van der Waals surface area contributed by atoms with Crippen molar-refractivity contribution in [3.63, 3.8) is 0 Å². The molecule has 0 aliphatic heterocycles. The first-order valence-corrected chi connectivity index (χ1v) is 2.05. The molecule has 0 aromatic rings. The molecule has 0 unspecified atom stereocenters. The molecule has 0 fully saturated rings. The molecule has 12 heavy (non-hydrogen) atoms.